The summed E-state index contributed by atoms with van der Waals surface area (Å²) in [5.74, 6) is -2.14. The zero-order valence-corrected chi connectivity index (χ0v) is 17.9. The zero-order chi connectivity index (χ0) is 23.4. The largest absolute Gasteiger partial charge is 0.452 e. The lowest BCUT2D eigenvalue weighted by Crippen LogP contribution is -2.26. The zero-order valence-electron chi connectivity index (χ0n) is 17.1. The summed E-state index contributed by atoms with van der Waals surface area (Å²) in [5, 5.41) is 12.8. The molecule has 0 spiro atoms. The van der Waals surface area contributed by atoms with Crippen LogP contribution >= 0.6 is 11.8 Å². The summed E-state index contributed by atoms with van der Waals surface area (Å²) >= 11 is 0.985. The minimum absolute atomic E-state index is 0.00204. The van der Waals surface area contributed by atoms with Gasteiger partial charge in [0.15, 0.2) is 6.61 Å². The molecule has 32 heavy (non-hydrogen) atoms. The molecule has 0 bridgehead atoms. The highest BCUT2D eigenvalue weighted by Gasteiger charge is 2.37. The Morgan fingerprint density at radius 2 is 2.09 bits per heavy atom. The number of hydrogen-bond donors (Lipinski definition) is 1. The molecule has 166 valence electrons. The van der Waals surface area contributed by atoms with Gasteiger partial charge in [-0.3, -0.25) is 29.4 Å². The second-order valence-corrected chi connectivity index (χ2v) is 8.03. The van der Waals surface area contributed by atoms with E-state index in [0.29, 0.717) is 11.3 Å². The number of esters is 1. The number of carbonyl (C=O) groups excluding carboxylic acids is 4. The van der Waals surface area contributed by atoms with E-state index in [1.807, 2.05) is 0 Å². The second kappa shape index (κ2) is 9.56. The van der Waals surface area contributed by atoms with Crippen molar-refractivity contribution < 1.29 is 28.8 Å². The number of aromatic nitrogens is 1. The summed E-state index contributed by atoms with van der Waals surface area (Å²) in [6.07, 6.45) is 1.44. The Bertz CT molecular complexity index is 1120. The first-order valence-corrected chi connectivity index (χ1v) is 10.2. The standard InChI is InChI=1S/C20H18N4O7S/c1-11-8-12(24(29)30)5-6-14(11)22-16(25)10-31-20(28)13-4-3-7-21-18(13)32-15-9-17(26)23(2)19(15)27/h3-8,15H,9-10H2,1-2H3,(H,22,25). The Morgan fingerprint density at radius 1 is 1.34 bits per heavy atom. The normalized spacial score (nSPS) is 15.6. The minimum Gasteiger partial charge on any atom is -0.452 e. The molecule has 1 aromatic carbocycles. The van der Waals surface area contributed by atoms with Gasteiger partial charge in [-0.1, -0.05) is 11.8 Å². The van der Waals surface area contributed by atoms with Crippen LogP contribution in [0.4, 0.5) is 11.4 Å². The molecule has 1 atom stereocenters. The first kappa shape index (κ1) is 22.9. The van der Waals surface area contributed by atoms with Gasteiger partial charge in [0.2, 0.25) is 11.8 Å². The predicted molar refractivity (Wildman–Crippen MR) is 113 cm³/mol. The summed E-state index contributed by atoms with van der Waals surface area (Å²) in [4.78, 5) is 63.9. The van der Waals surface area contributed by atoms with E-state index in [0.717, 1.165) is 16.7 Å². The Balaban J connectivity index is 1.62. The first-order valence-electron chi connectivity index (χ1n) is 9.31. The lowest BCUT2D eigenvalue weighted by molar-refractivity contribution is -0.384. The second-order valence-electron chi connectivity index (χ2n) is 6.84. The van der Waals surface area contributed by atoms with E-state index in [-0.39, 0.29) is 34.5 Å². The van der Waals surface area contributed by atoms with Crippen LogP contribution in [0.15, 0.2) is 41.6 Å². The van der Waals surface area contributed by atoms with E-state index in [9.17, 15) is 29.3 Å². The number of pyridine rings is 1. The van der Waals surface area contributed by atoms with E-state index in [4.69, 9.17) is 4.74 Å². The molecule has 1 aliphatic heterocycles. The van der Waals surface area contributed by atoms with Gasteiger partial charge in [0.25, 0.3) is 11.6 Å². The average molecular weight is 458 g/mol. The molecule has 1 unspecified atom stereocenters. The third kappa shape index (κ3) is 5.09. The lowest BCUT2D eigenvalue weighted by atomic mass is 10.2. The Morgan fingerprint density at radius 3 is 2.72 bits per heavy atom. The van der Waals surface area contributed by atoms with Crippen LogP contribution < -0.4 is 5.32 Å². The maximum atomic E-state index is 12.5. The van der Waals surface area contributed by atoms with Crippen LogP contribution in [0.5, 0.6) is 0 Å². The molecule has 3 amide bonds. The number of likely N-dealkylation sites (tertiary alicyclic amines) is 1. The van der Waals surface area contributed by atoms with Gasteiger partial charge in [-0.15, -0.1) is 0 Å². The maximum absolute atomic E-state index is 12.5. The molecule has 12 heteroatoms. The molecule has 1 fully saturated rings. The number of hydrogen-bond acceptors (Lipinski definition) is 9. The van der Waals surface area contributed by atoms with Crippen LogP contribution in [-0.2, 0) is 19.1 Å². The van der Waals surface area contributed by atoms with Crippen molar-refractivity contribution >= 4 is 46.8 Å². The number of amides is 3. The highest BCUT2D eigenvalue weighted by atomic mass is 32.2. The number of carbonyl (C=O) groups is 4. The van der Waals surface area contributed by atoms with Gasteiger partial charge in [-0.05, 0) is 30.7 Å². The highest BCUT2D eigenvalue weighted by molar-refractivity contribution is 8.00. The van der Waals surface area contributed by atoms with Gasteiger partial charge in [0.05, 0.1) is 15.7 Å². The fourth-order valence-electron chi connectivity index (χ4n) is 2.89. The quantitative estimate of drug-likeness (QED) is 0.284. The molecular weight excluding hydrogens is 440 g/mol. The molecule has 2 heterocycles. The monoisotopic (exact) mass is 458 g/mol. The Hall–Kier alpha value is -3.80. The lowest BCUT2D eigenvalue weighted by Gasteiger charge is -2.12. The topological polar surface area (TPSA) is 149 Å². The molecule has 0 radical (unpaired) electrons. The predicted octanol–water partition coefficient (Wildman–Crippen LogP) is 1.94. The molecule has 1 saturated heterocycles. The highest BCUT2D eigenvalue weighted by Crippen LogP contribution is 2.31. The number of nitro benzene ring substituents is 1. The van der Waals surface area contributed by atoms with Crippen molar-refractivity contribution in [3.8, 4) is 0 Å². The van der Waals surface area contributed by atoms with Crippen molar-refractivity contribution in [2.75, 3.05) is 19.0 Å². The van der Waals surface area contributed by atoms with Gasteiger partial charge in [0, 0.05) is 37.5 Å². The van der Waals surface area contributed by atoms with Crippen molar-refractivity contribution in [2.24, 2.45) is 0 Å². The summed E-state index contributed by atoms with van der Waals surface area (Å²) in [5.41, 5.74) is 0.780. The number of thioether (sulfide) groups is 1. The number of rotatable bonds is 7. The van der Waals surface area contributed by atoms with Gasteiger partial charge < -0.3 is 10.1 Å². The smallest absolute Gasteiger partial charge is 0.341 e. The van der Waals surface area contributed by atoms with Crippen molar-refractivity contribution in [2.45, 2.75) is 23.6 Å². The van der Waals surface area contributed by atoms with Crippen LogP contribution in [0, 0.1) is 17.0 Å². The van der Waals surface area contributed by atoms with E-state index in [1.165, 1.54) is 43.6 Å². The summed E-state index contributed by atoms with van der Waals surface area (Å²) in [7, 11) is 1.39. The molecule has 1 N–H and O–H groups in total. The number of benzene rings is 1. The molecule has 11 nitrogen and oxygen atoms in total. The Kier molecular flexibility index (Phi) is 6.83. The molecule has 3 rings (SSSR count). The van der Waals surface area contributed by atoms with E-state index >= 15 is 0 Å². The van der Waals surface area contributed by atoms with Gasteiger partial charge >= 0.3 is 5.97 Å². The third-order valence-corrected chi connectivity index (χ3v) is 5.82. The SMILES string of the molecule is Cc1cc([N+](=O)[O-])ccc1NC(=O)COC(=O)c1cccnc1SC1CC(=O)N(C)C1=O. The van der Waals surface area contributed by atoms with Crippen LogP contribution in [0.25, 0.3) is 0 Å². The van der Waals surface area contributed by atoms with Crippen LogP contribution in [0.3, 0.4) is 0 Å². The number of aryl methyl sites for hydroxylation is 1. The minimum atomic E-state index is -0.818. The molecule has 1 aromatic heterocycles. The van der Waals surface area contributed by atoms with E-state index in [2.05, 4.69) is 10.3 Å². The fourth-order valence-corrected chi connectivity index (χ4v) is 4.04. The van der Waals surface area contributed by atoms with Crippen LogP contribution in [-0.4, -0.2) is 57.4 Å². The van der Waals surface area contributed by atoms with Gasteiger partial charge in [-0.2, -0.15) is 0 Å². The third-order valence-electron chi connectivity index (χ3n) is 4.61. The number of ether oxygens (including phenoxy) is 1. The number of anilines is 1. The number of imide groups is 1. The van der Waals surface area contributed by atoms with Crippen molar-refractivity contribution in [3.05, 3.63) is 57.8 Å². The number of non-ortho nitro benzene ring substituents is 1. The summed E-state index contributed by atoms with van der Waals surface area (Å²) < 4.78 is 5.06. The molecule has 2 aromatic rings. The van der Waals surface area contributed by atoms with E-state index in [1.54, 1.807) is 6.92 Å². The van der Waals surface area contributed by atoms with Crippen molar-refractivity contribution in [1.29, 1.82) is 0 Å². The van der Waals surface area contributed by atoms with Crippen LogP contribution in [0.1, 0.15) is 22.3 Å². The van der Waals surface area contributed by atoms with Crippen LogP contribution in [0.2, 0.25) is 0 Å². The maximum Gasteiger partial charge on any atom is 0.341 e. The molecule has 1 aliphatic rings. The fraction of sp³-hybridized carbons (Fsp3) is 0.250. The van der Waals surface area contributed by atoms with E-state index < -0.39 is 28.7 Å². The Labute approximate surface area is 186 Å². The molecule has 0 aliphatic carbocycles. The van der Waals surface area contributed by atoms with Crippen molar-refractivity contribution in [1.82, 2.24) is 9.88 Å². The summed E-state index contributed by atoms with van der Waals surface area (Å²) in [6, 6.07) is 6.91. The molecule has 0 saturated carbocycles. The molecular formula is C20H18N4O7S. The summed E-state index contributed by atoms with van der Waals surface area (Å²) in [6.45, 7) is 0.998. The number of nitrogens with one attached hydrogen (secondary N) is 1. The number of nitrogens with zero attached hydrogens (tertiary/aromatic N) is 3. The number of nitro groups is 1. The first-order chi connectivity index (χ1) is 15.2. The average Bonchev–Trinajstić information content (AvgIpc) is 3.00. The van der Waals surface area contributed by atoms with Crippen molar-refractivity contribution in [3.63, 3.8) is 0 Å². The van der Waals surface area contributed by atoms with Gasteiger partial charge in [-0.25, -0.2) is 9.78 Å². The van der Waals surface area contributed by atoms with Gasteiger partial charge in [0.1, 0.15) is 5.03 Å².